The molecule has 0 radical (unpaired) electrons. The zero-order chi connectivity index (χ0) is 9.03. The predicted octanol–water partition coefficient (Wildman–Crippen LogP) is 3.18. The van der Waals surface area contributed by atoms with Crippen LogP contribution in [-0.2, 0) is 4.79 Å². The summed E-state index contributed by atoms with van der Waals surface area (Å²) in [6.45, 7) is 4.70. The summed E-state index contributed by atoms with van der Waals surface area (Å²) in [6.07, 6.45) is 8.30. The van der Waals surface area contributed by atoms with Crippen molar-refractivity contribution in [2.24, 2.45) is 11.3 Å². The fourth-order valence-corrected chi connectivity index (χ4v) is 2.05. The van der Waals surface area contributed by atoms with Gasteiger partial charge in [-0.2, -0.15) is 0 Å². The van der Waals surface area contributed by atoms with Gasteiger partial charge in [0, 0.05) is 6.42 Å². The van der Waals surface area contributed by atoms with Gasteiger partial charge in [-0.25, -0.2) is 0 Å². The van der Waals surface area contributed by atoms with Crippen molar-refractivity contribution < 1.29 is 4.79 Å². The highest BCUT2D eigenvalue weighted by atomic mass is 16.1. The summed E-state index contributed by atoms with van der Waals surface area (Å²) in [5, 5.41) is 0. The summed E-state index contributed by atoms with van der Waals surface area (Å²) < 4.78 is 0. The molecule has 0 atom stereocenters. The van der Waals surface area contributed by atoms with Crippen molar-refractivity contribution in [2.75, 3.05) is 0 Å². The second-order valence-electron chi connectivity index (χ2n) is 4.85. The highest BCUT2D eigenvalue weighted by Crippen LogP contribution is 2.39. The molecule has 70 valence electrons. The maximum atomic E-state index is 10.2. The molecule has 1 saturated carbocycles. The number of carbonyl (C=O) groups excluding carboxylic acids is 1. The highest BCUT2D eigenvalue weighted by Gasteiger charge is 2.26. The maximum absolute atomic E-state index is 10.2. The number of carbonyl (C=O) groups is 1. The Morgan fingerprint density at radius 1 is 1.33 bits per heavy atom. The summed E-state index contributed by atoms with van der Waals surface area (Å²) in [5.74, 6) is 0.836. The lowest BCUT2D eigenvalue weighted by Gasteiger charge is -2.34. The Bertz CT molecular complexity index is 139. The van der Waals surface area contributed by atoms with Gasteiger partial charge in [-0.3, -0.25) is 0 Å². The number of hydrogen-bond donors (Lipinski definition) is 0. The molecule has 0 N–H and O–H groups in total. The van der Waals surface area contributed by atoms with Crippen molar-refractivity contribution >= 4 is 6.29 Å². The zero-order valence-corrected chi connectivity index (χ0v) is 8.31. The molecule has 0 aromatic rings. The first kappa shape index (κ1) is 9.76. The Hall–Kier alpha value is -0.330. The topological polar surface area (TPSA) is 17.1 Å². The van der Waals surface area contributed by atoms with Crippen LogP contribution in [0.5, 0.6) is 0 Å². The minimum absolute atomic E-state index is 0.567. The van der Waals surface area contributed by atoms with E-state index in [2.05, 4.69) is 13.8 Å². The van der Waals surface area contributed by atoms with Crippen molar-refractivity contribution in [3.63, 3.8) is 0 Å². The third-order valence-electron chi connectivity index (χ3n) is 3.15. The lowest BCUT2D eigenvalue weighted by molar-refractivity contribution is -0.108. The molecule has 0 aliphatic heterocycles. The number of aldehydes is 1. The van der Waals surface area contributed by atoms with Gasteiger partial charge >= 0.3 is 0 Å². The summed E-state index contributed by atoms with van der Waals surface area (Å²) in [7, 11) is 0. The van der Waals surface area contributed by atoms with Gasteiger partial charge in [-0.1, -0.05) is 13.8 Å². The van der Waals surface area contributed by atoms with Gasteiger partial charge in [0.15, 0.2) is 0 Å². The molecule has 0 heterocycles. The second kappa shape index (κ2) is 4.06. The first-order valence-electron chi connectivity index (χ1n) is 5.08. The third-order valence-corrected chi connectivity index (χ3v) is 3.15. The molecular formula is C11H20O. The van der Waals surface area contributed by atoms with E-state index in [9.17, 15) is 4.79 Å². The summed E-state index contributed by atoms with van der Waals surface area (Å²) in [4.78, 5) is 10.2. The van der Waals surface area contributed by atoms with Gasteiger partial charge in [0.05, 0.1) is 0 Å². The molecule has 1 aliphatic rings. The van der Waals surface area contributed by atoms with Crippen LogP contribution in [0.15, 0.2) is 0 Å². The molecule has 1 nitrogen and oxygen atoms in total. The van der Waals surface area contributed by atoms with Gasteiger partial charge in [0.1, 0.15) is 6.29 Å². The maximum Gasteiger partial charge on any atom is 0.120 e. The molecule has 1 rings (SSSR count). The smallest absolute Gasteiger partial charge is 0.120 e. The van der Waals surface area contributed by atoms with Crippen molar-refractivity contribution in [3.8, 4) is 0 Å². The van der Waals surface area contributed by atoms with Crippen LogP contribution in [0.2, 0.25) is 0 Å². The normalized spacial score (nSPS) is 23.8. The van der Waals surface area contributed by atoms with Crippen LogP contribution in [-0.4, -0.2) is 6.29 Å². The standard InChI is InChI=1S/C11H20O/c1-11(2)7-5-10(6-8-11)4-3-9-12/h9-10H,3-8H2,1-2H3. The van der Waals surface area contributed by atoms with E-state index in [1.54, 1.807) is 0 Å². The van der Waals surface area contributed by atoms with Crippen molar-refractivity contribution in [2.45, 2.75) is 52.4 Å². The van der Waals surface area contributed by atoms with E-state index in [-0.39, 0.29) is 0 Å². The largest absolute Gasteiger partial charge is 0.303 e. The van der Waals surface area contributed by atoms with Crippen LogP contribution in [0.4, 0.5) is 0 Å². The van der Waals surface area contributed by atoms with Gasteiger partial charge in [-0.05, 0) is 43.4 Å². The molecule has 0 spiro atoms. The quantitative estimate of drug-likeness (QED) is 0.591. The third kappa shape index (κ3) is 2.96. The molecule has 0 aromatic carbocycles. The lowest BCUT2D eigenvalue weighted by atomic mass is 9.72. The van der Waals surface area contributed by atoms with Crippen LogP contribution in [0.1, 0.15) is 52.4 Å². The highest BCUT2D eigenvalue weighted by molar-refractivity contribution is 5.49. The summed E-state index contributed by atoms with van der Waals surface area (Å²) in [6, 6.07) is 0. The Labute approximate surface area is 75.5 Å². The van der Waals surface area contributed by atoms with Crippen molar-refractivity contribution in [1.82, 2.24) is 0 Å². The molecule has 0 bridgehead atoms. The Morgan fingerprint density at radius 3 is 2.42 bits per heavy atom. The number of hydrogen-bond acceptors (Lipinski definition) is 1. The van der Waals surface area contributed by atoms with Gasteiger partial charge in [0.2, 0.25) is 0 Å². The minimum atomic E-state index is 0.567. The zero-order valence-electron chi connectivity index (χ0n) is 8.31. The molecule has 0 saturated heterocycles. The Kier molecular flexibility index (Phi) is 3.30. The molecule has 1 heteroatoms. The predicted molar refractivity (Wildman–Crippen MR) is 51.0 cm³/mol. The van der Waals surface area contributed by atoms with E-state index >= 15 is 0 Å². The first-order chi connectivity index (χ1) is 5.64. The molecule has 1 aliphatic carbocycles. The molecule has 12 heavy (non-hydrogen) atoms. The first-order valence-corrected chi connectivity index (χ1v) is 5.08. The molecular weight excluding hydrogens is 148 g/mol. The summed E-state index contributed by atoms with van der Waals surface area (Å²) in [5.41, 5.74) is 0.567. The van der Waals surface area contributed by atoms with Crippen LogP contribution in [0.3, 0.4) is 0 Å². The van der Waals surface area contributed by atoms with Crippen molar-refractivity contribution in [3.05, 3.63) is 0 Å². The Balaban J connectivity index is 2.22. The van der Waals surface area contributed by atoms with E-state index in [1.807, 2.05) is 0 Å². The van der Waals surface area contributed by atoms with E-state index in [4.69, 9.17) is 0 Å². The second-order valence-corrected chi connectivity index (χ2v) is 4.85. The molecule has 0 amide bonds. The van der Waals surface area contributed by atoms with Gasteiger partial charge in [0.25, 0.3) is 0 Å². The lowest BCUT2D eigenvalue weighted by Crippen LogP contribution is -2.21. The summed E-state index contributed by atoms with van der Waals surface area (Å²) >= 11 is 0. The van der Waals surface area contributed by atoms with Gasteiger partial charge < -0.3 is 4.79 Å². The van der Waals surface area contributed by atoms with Crippen LogP contribution >= 0.6 is 0 Å². The Morgan fingerprint density at radius 2 is 1.92 bits per heavy atom. The van der Waals surface area contributed by atoms with Crippen LogP contribution in [0.25, 0.3) is 0 Å². The van der Waals surface area contributed by atoms with E-state index in [0.29, 0.717) is 5.41 Å². The average molecular weight is 168 g/mol. The van der Waals surface area contributed by atoms with Gasteiger partial charge in [-0.15, -0.1) is 0 Å². The minimum Gasteiger partial charge on any atom is -0.303 e. The molecule has 0 unspecified atom stereocenters. The monoisotopic (exact) mass is 168 g/mol. The van der Waals surface area contributed by atoms with Crippen LogP contribution < -0.4 is 0 Å². The van der Waals surface area contributed by atoms with E-state index in [1.165, 1.54) is 25.7 Å². The molecule has 1 fully saturated rings. The van der Waals surface area contributed by atoms with E-state index < -0.39 is 0 Å². The van der Waals surface area contributed by atoms with Crippen molar-refractivity contribution in [1.29, 1.82) is 0 Å². The fourth-order valence-electron chi connectivity index (χ4n) is 2.05. The fraction of sp³-hybridized carbons (Fsp3) is 0.909. The van der Waals surface area contributed by atoms with E-state index in [0.717, 1.165) is 25.0 Å². The van der Waals surface area contributed by atoms with Crippen LogP contribution in [0, 0.1) is 11.3 Å². The molecule has 0 aromatic heterocycles. The average Bonchev–Trinajstić information content (AvgIpc) is 2.03. The SMILES string of the molecule is CC1(C)CCC(CCC=O)CC1. The number of rotatable bonds is 3.